The monoisotopic (exact) mass is 248 g/mol. The summed E-state index contributed by atoms with van der Waals surface area (Å²) in [6.45, 7) is 0. The standard InChI is InChI=1S/C18H16O/c19-14-7-10-16-13(11-14)6-9-17-15-4-2-1-3-12(15)5-8-18(16)17/h1-4,6,9,11,19H,5,7-8,10H2. The molecular formula is C18H16O. The molecule has 0 unspecified atom stereocenters. The van der Waals surface area contributed by atoms with Gasteiger partial charge in [-0.2, -0.15) is 0 Å². The lowest BCUT2D eigenvalue weighted by Crippen LogP contribution is -2.10. The van der Waals surface area contributed by atoms with E-state index in [1.165, 1.54) is 33.4 Å². The van der Waals surface area contributed by atoms with Crippen molar-refractivity contribution in [1.29, 1.82) is 0 Å². The molecule has 0 radical (unpaired) electrons. The fourth-order valence-corrected chi connectivity index (χ4v) is 3.44. The second-order valence-electron chi connectivity index (χ2n) is 5.45. The molecule has 2 aliphatic carbocycles. The van der Waals surface area contributed by atoms with Gasteiger partial charge in [-0.05, 0) is 58.7 Å². The van der Waals surface area contributed by atoms with Crippen LogP contribution in [0.2, 0.25) is 0 Å². The van der Waals surface area contributed by atoms with Crippen LogP contribution in [0.3, 0.4) is 0 Å². The van der Waals surface area contributed by atoms with Gasteiger partial charge in [0.25, 0.3) is 0 Å². The van der Waals surface area contributed by atoms with Gasteiger partial charge in [0.05, 0.1) is 5.76 Å². The number of benzene rings is 2. The smallest absolute Gasteiger partial charge is 0.0932 e. The lowest BCUT2D eigenvalue weighted by molar-refractivity contribution is 0.391. The van der Waals surface area contributed by atoms with Crippen LogP contribution in [0, 0.1) is 0 Å². The van der Waals surface area contributed by atoms with E-state index in [0.29, 0.717) is 5.76 Å². The maximum atomic E-state index is 9.68. The Balaban J connectivity index is 1.96. The van der Waals surface area contributed by atoms with E-state index in [1.807, 2.05) is 6.08 Å². The van der Waals surface area contributed by atoms with Crippen LogP contribution in [0.15, 0.2) is 42.2 Å². The lowest BCUT2D eigenvalue weighted by atomic mass is 9.79. The molecule has 0 saturated carbocycles. The Kier molecular flexibility index (Phi) is 2.28. The number of aryl methyl sites for hydroxylation is 1. The largest absolute Gasteiger partial charge is 0.512 e. The van der Waals surface area contributed by atoms with Crippen molar-refractivity contribution in [2.45, 2.75) is 25.7 Å². The van der Waals surface area contributed by atoms with Crippen LogP contribution in [0.5, 0.6) is 0 Å². The van der Waals surface area contributed by atoms with E-state index in [0.717, 1.165) is 25.7 Å². The summed E-state index contributed by atoms with van der Waals surface area (Å²) < 4.78 is 0. The number of allylic oxidation sites excluding steroid dienone is 1. The highest BCUT2D eigenvalue weighted by Gasteiger charge is 2.21. The molecule has 1 heteroatoms. The van der Waals surface area contributed by atoms with Crippen molar-refractivity contribution >= 4 is 6.08 Å². The van der Waals surface area contributed by atoms with E-state index in [2.05, 4.69) is 36.4 Å². The highest BCUT2D eigenvalue weighted by Crippen LogP contribution is 2.38. The van der Waals surface area contributed by atoms with Crippen molar-refractivity contribution in [2.24, 2.45) is 0 Å². The fourth-order valence-electron chi connectivity index (χ4n) is 3.44. The maximum Gasteiger partial charge on any atom is 0.0932 e. The molecule has 0 atom stereocenters. The van der Waals surface area contributed by atoms with E-state index in [4.69, 9.17) is 0 Å². The Morgan fingerprint density at radius 3 is 2.53 bits per heavy atom. The molecule has 2 aromatic rings. The molecule has 19 heavy (non-hydrogen) atoms. The van der Waals surface area contributed by atoms with Gasteiger partial charge in [0.1, 0.15) is 0 Å². The Bertz CT molecular complexity index is 695. The van der Waals surface area contributed by atoms with Crippen molar-refractivity contribution in [3.8, 4) is 11.1 Å². The average Bonchev–Trinajstić information content (AvgIpc) is 2.46. The van der Waals surface area contributed by atoms with E-state index >= 15 is 0 Å². The van der Waals surface area contributed by atoms with Crippen LogP contribution in [0.4, 0.5) is 0 Å². The normalized spacial score (nSPS) is 16.1. The Morgan fingerprint density at radius 2 is 1.58 bits per heavy atom. The predicted octanol–water partition coefficient (Wildman–Crippen LogP) is 4.30. The van der Waals surface area contributed by atoms with E-state index in [1.54, 1.807) is 0 Å². The Hall–Kier alpha value is -2.02. The van der Waals surface area contributed by atoms with E-state index in [9.17, 15) is 5.11 Å². The highest BCUT2D eigenvalue weighted by molar-refractivity contribution is 5.77. The van der Waals surface area contributed by atoms with Gasteiger partial charge >= 0.3 is 0 Å². The summed E-state index contributed by atoms with van der Waals surface area (Å²) in [7, 11) is 0. The number of rotatable bonds is 0. The third-order valence-corrected chi connectivity index (χ3v) is 4.37. The first-order valence-corrected chi connectivity index (χ1v) is 6.95. The molecule has 0 aromatic heterocycles. The van der Waals surface area contributed by atoms with E-state index < -0.39 is 0 Å². The Morgan fingerprint density at radius 1 is 0.737 bits per heavy atom. The maximum absolute atomic E-state index is 9.68. The molecule has 0 bridgehead atoms. The highest BCUT2D eigenvalue weighted by atomic mass is 16.3. The minimum absolute atomic E-state index is 0.517. The zero-order valence-electron chi connectivity index (χ0n) is 10.8. The topological polar surface area (TPSA) is 20.2 Å². The van der Waals surface area contributed by atoms with Gasteiger partial charge in [0.15, 0.2) is 0 Å². The third-order valence-electron chi connectivity index (χ3n) is 4.37. The van der Waals surface area contributed by atoms with Gasteiger partial charge in [0.2, 0.25) is 0 Å². The summed E-state index contributed by atoms with van der Waals surface area (Å²) in [4.78, 5) is 0. The van der Waals surface area contributed by atoms with Crippen LogP contribution in [-0.2, 0) is 19.3 Å². The van der Waals surface area contributed by atoms with Crippen LogP contribution in [0.25, 0.3) is 17.2 Å². The molecule has 0 fully saturated rings. The number of aliphatic hydroxyl groups excluding tert-OH is 1. The van der Waals surface area contributed by atoms with Crippen molar-refractivity contribution < 1.29 is 5.11 Å². The summed E-state index contributed by atoms with van der Waals surface area (Å²) in [5.41, 5.74) is 8.41. The molecule has 0 spiro atoms. The van der Waals surface area contributed by atoms with Gasteiger partial charge in [-0.3, -0.25) is 0 Å². The zero-order chi connectivity index (χ0) is 12.8. The number of fused-ring (bicyclic) bond motifs is 5. The van der Waals surface area contributed by atoms with Crippen molar-refractivity contribution in [3.63, 3.8) is 0 Å². The summed E-state index contributed by atoms with van der Waals surface area (Å²) >= 11 is 0. The van der Waals surface area contributed by atoms with Gasteiger partial charge in [0, 0.05) is 6.42 Å². The van der Waals surface area contributed by atoms with Crippen molar-refractivity contribution in [3.05, 3.63) is 64.4 Å². The van der Waals surface area contributed by atoms with Crippen molar-refractivity contribution in [1.82, 2.24) is 0 Å². The van der Waals surface area contributed by atoms with Crippen LogP contribution >= 0.6 is 0 Å². The van der Waals surface area contributed by atoms with Gasteiger partial charge in [-0.25, -0.2) is 0 Å². The minimum Gasteiger partial charge on any atom is -0.512 e. The number of aliphatic hydroxyl groups is 1. The Labute approximate surface area is 113 Å². The first-order chi connectivity index (χ1) is 9.33. The summed E-state index contributed by atoms with van der Waals surface area (Å²) in [5, 5.41) is 9.68. The summed E-state index contributed by atoms with van der Waals surface area (Å²) in [5.74, 6) is 0.517. The quantitative estimate of drug-likeness (QED) is 0.737. The van der Waals surface area contributed by atoms with Crippen LogP contribution in [-0.4, -0.2) is 5.11 Å². The summed E-state index contributed by atoms with van der Waals surface area (Å²) in [6.07, 6.45) is 5.95. The van der Waals surface area contributed by atoms with E-state index in [-0.39, 0.29) is 0 Å². The summed E-state index contributed by atoms with van der Waals surface area (Å²) in [6, 6.07) is 13.1. The molecule has 1 nitrogen and oxygen atoms in total. The molecule has 4 rings (SSSR count). The molecule has 0 aliphatic heterocycles. The third kappa shape index (κ3) is 1.61. The second kappa shape index (κ2) is 3.99. The molecule has 0 heterocycles. The number of hydrogen-bond acceptors (Lipinski definition) is 1. The number of hydrogen-bond donors (Lipinski definition) is 1. The molecular weight excluding hydrogens is 232 g/mol. The zero-order valence-corrected chi connectivity index (χ0v) is 10.8. The van der Waals surface area contributed by atoms with Gasteiger partial charge in [-0.15, -0.1) is 0 Å². The van der Waals surface area contributed by atoms with Crippen LogP contribution in [0.1, 0.15) is 28.7 Å². The second-order valence-corrected chi connectivity index (χ2v) is 5.45. The SMILES string of the molecule is OC1=Cc2ccc3c(c2CC1)CCc1ccccc1-3. The lowest BCUT2D eigenvalue weighted by Gasteiger charge is -2.25. The minimum atomic E-state index is 0.517. The van der Waals surface area contributed by atoms with Gasteiger partial charge in [-0.1, -0.05) is 36.4 Å². The molecule has 2 aromatic carbocycles. The first kappa shape index (κ1) is 10.9. The molecule has 2 aliphatic rings. The predicted molar refractivity (Wildman–Crippen MR) is 78.2 cm³/mol. The molecule has 1 N–H and O–H groups in total. The van der Waals surface area contributed by atoms with Gasteiger partial charge < -0.3 is 5.11 Å². The fraction of sp³-hybridized carbons (Fsp3) is 0.222. The molecule has 0 saturated heterocycles. The van der Waals surface area contributed by atoms with Crippen LogP contribution < -0.4 is 0 Å². The van der Waals surface area contributed by atoms with Crippen molar-refractivity contribution in [2.75, 3.05) is 0 Å². The average molecular weight is 248 g/mol. The first-order valence-electron chi connectivity index (χ1n) is 6.95. The molecule has 0 amide bonds. The molecule has 94 valence electrons.